The van der Waals surface area contributed by atoms with Gasteiger partial charge in [0, 0.05) is 57.8 Å². The van der Waals surface area contributed by atoms with E-state index in [1.165, 1.54) is 7.11 Å². The maximum Gasteiger partial charge on any atom is 0.272 e. The number of nitrogens with zero attached hydrogens (tertiary/aromatic N) is 5. The zero-order chi connectivity index (χ0) is 34.7. The van der Waals surface area contributed by atoms with Gasteiger partial charge in [-0.25, -0.2) is 0 Å². The predicted octanol–water partition coefficient (Wildman–Crippen LogP) is 2.77. The summed E-state index contributed by atoms with van der Waals surface area (Å²) in [5, 5.41) is 17.9. The van der Waals surface area contributed by atoms with E-state index in [1.54, 1.807) is 34.0 Å². The van der Waals surface area contributed by atoms with E-state index < -0.39 is 11.9 Å². The molecule has 13 heteroatoms. The number of aromatic nitrogens is 4. The Balaban J connectivity index is 1.25. The number of carbonyl (C=O) groups excluding carboxylic acids is 3. The highest BCUT2D eigenvalue weighted by Gasteiger charge is 2.26. The topological polar surface area (TPSA) is 153 Å². The highest BCUT2D eigenvalue weighted by Crippen LogP contribution is 2.31. The Morgan fingerprint density at radius 1 is 1.00 bits per heavy atom. The van der Waals surface area contributed by atoms with Crippen molar-refractivity contribution >= 4 is 17.7 Å². The summed E-state index contributed by atoms with van der Waals surface area (Å²) in [6, 6.07) is 17.6. The minimum absolute atomic E-state index is 0.167. The van der Waals surface area contributed by atoms with Crippen molar-refractivity contribution in [2.24, 2.45) is 0 Å². The van der Waals surface area contributed by atoms with Crippen LogP contribution in [0.4, 0.5) is 0 Å². The Kier molecular flexibility index (Phi) is 11.7. The van der Waals surface area contributed by atoms with Crippen molar-refractivity contribution in [1.82, 2.24) is 40.8 Å². The quantitative estimate of drug-likeness (QED) is 0.289. The number of methoxy groups -OCH3 is 1. The van der Waals surface area contributed by atoms with Gasteiger partial charge in [0.15, 0.2) is 11.5 Å². The molecule has 2 aliphatic heterocycles. The van der Waals surface area contributed by atoms with Gasteiger partial charge >= 0.3 is 0 Å². The van der Waals surface area contributed by atoms with Gasteiger partial charge in [-0.2, -0.15) is 0 Å². The average Bonchev–Trinajstić information content (AvgIpc) is 3.62. The normalized spacial score (nSPS) is 18.3. The van der Waals surface area contributed by atoms with Gasteiger partial charge in [0.25, 0.3) is 11.8 Å². The van der Waals surface area contributed by atoms with Crippen LogP contribution in [-0.2, 0) is 24.2 Å². The number of ether oxygens (including phenoxy) is 2. The molecule has 0 aliphatic carbocycles. The monoisotopic (exact) mass is 680 g/mol. The number of rotatable bonds is 5. The first-order valence-electron chi connectivity index (χ1n) is 17.3. The van der Waals surface area contributed by atoms with Crippen LogP contribution < -0.4 is 25.4 Å². The van der Waals surface area contributed by atoms with Crippen molar-refractivity contribution in [3.05, 3.63) is 101 Å². The molecule has 1 fully saturated rings. The number of amides is 3. The Morgan fingerprint density at radius 3 is 2.66 bits per heavy atom. The molecule has 2 aromatic heterocycles. The Hall–Kier alpha value is -5.30. The van der Waals surface area contributed by atoms with E-state index in [2.05, 4.69) is 31.2 Å². The first-order chi connectivity index (χ1) is 24.5. The van der Waals surface area contributed by atoms with Crippen LogP contribution in [0.3, 0.4) is 0 Å². The maximum absolute atomic E-state index is 14.0. The molecule has 3 N–H and O–H groups in total. The number of aryl methyl sites for hydroxylation is 1. The van der Waals surface area contributed by atoms with E-state index in [9.17, 15) is 14.4 Å². The second-order valence-corrected chi connectivity index (χ2v) is 12.6. The van der Waals surface area contributed by atoms with Crippen LogP contribution in [-0.4, -0.2) is 95.1 Å². The highest BCUT2D eigenvalue weighted by atomic mass is 16.5. The van der Waals surface area contributed by atoms with E-state index in [1.807, 2.05) is 48.7 Å². The minimum atomic E-state index is -0.896. The summed E-state index contributed by atoms with van der Waals surface area (Å²) in [7, 11) is 1.52. The molecule has 4 aromatic rings. The van der Waals surface area contributed by atoms with Crippen molar-refractivity contribution < 1.29 is 23.9 Å². The molecule has 0 saturated carbocycles. The second kappa shape index (κ2) is 16.9. The number of hydrogen-bond acceptors (Lipinski definition) is 9. The molecule has 3 amide bonds. The molecule has 1 atom stereocenters. The first kappa shape index (κ1) is 34.6. The van der Waals surface area contributed by atoms with Crippen molar-refractivity contribution in [3.8, 4) is 11.5 Å². The minimum Gasteiger partial charge on any atom is -0.493 e. The number of hydrogen-bond donors (Lipinski definition) is 3. The van der Waals surface area contributed by atoms with Gasteiger partial charge in [0.05, 0.1) is 25.0 Å². The van der Waals surface area contributed by atoms with Crippen LogP contribution in [0.1, 0.15) is 62.8 Å². The number of pyridine rings is 1. The fraction of sp³-hybridized carbons (Fsp3) is 0.405. The second-order valence-electron chi connectivity index (χ2n) is 12.6. The van der Waals surface area contributed by atoms with Crippen LogP contribution in [0.2, 0.25) is 0 Å². The molecule has 0 spiro atoms. The van der Waals surface area contributed by atoms with Crippen LogP contribution in [0.15, 0.2) is 73.1 Å². The largest absolute Gasteiger partial charge is 0.493 e. The lowest BCUT2D eigenvalue weighted by molar-refractivity contribution is -0.123. The number of para-hydroxylation sites is 1. The van der Waals surface area contributed by atoms with Gasteiger partial charge in [-0.3, -0.25) is 24.0 Å². The fourth-order valence-electron chi connectivity index (χ4n) is 6.40. The van der Waals surface area contributed by atoms with Gasteiger partial charge in [-0.1, -0.05) is 41.6 Å². The predicted molar refractivity (Wildman–Crippen MR) is 186 cm³/mol. The lowest BCUT2D eigenvalue weighted by Crippen LogP contribution is -2.50. The molecule has 262 valence electrons. The summed E-state index contributed by atoms with van der Waals surface area (Å²) in [5.74, 6) is 0.0360. The van der Waals surface area contributed by atoms with Gasteiger partial charge in [0.1, 0.15) is 11.7 Å². The van der Waals surface area contributed by atoms with Crippen molar-refractivity contribution in [2.75, 3.05) is 46.4 Å². The summed E-state index contributed by atoms with van der Waals surface area (Å²) in [5.41, 5.74) is 3.37. The lowest BCUT2D eigenvalue weighted by Gasteiger charge is -2.25. The zero-order valence-corrected chi connectivity index (χ0v) is 28.3. The molecule has 4 heterocycles. The zero-order valence-electron chi connectivity index (χ0n) is 28.3. The van der Waals surface area contributed by atoms with Crippen LogP contribution in [0, 0.1) is 0 Å². The van der Waals surface area contributed by atoms with Crippen LogP contribution >= 0.6 is 0 Å². The van der Waals surface area contributed by atoms with Gasteiger partial charge in [0.2, 0.25) is 5.91 Å². The Labute approximate surface area is 291 Å². The molecular weight excluding hydrogens is 636 g/mol. The third-order valence-corrected chi connectivity index (χ3v) is 9.13. The smallest absolute Gasteiger partial charge is 0.272 e. The van der Waals surface area contributed by atoms with Crippen molar-refractivity contribution in [2.45, 2.75) is 50.6 Å². The van der Waals surface area contributed by atoms with Crippen molar-refractivity contribution in [3.63, 3.8) is 0 Å². The molecular formula is C37H44N8O5. The van der Waals surface area contributed by atoms with E-state index in [0.29, 0.717) is 49.0 Å². The van der Waals surface area contributed by atoms with E-state index >= 15 is 0 Å². The highest BCUT2D eigenvalue weighted by molar-refractivity contribution is 6.00. The van der Waals surface area contributed by atoms with Crippen LogP contribution in [0.25, 0.3) is 0 Å². The summed E-state index contributed by atoms with van der Waals surface area (Å²) < 4.78 is 13.4. The molecule has 6 rings (SSSR count). The van der Waals surface area contributed by atoms with Gasteiger partial charge in [-0.05, 0) is 67.2 Å². The number of carbonyl (C=O) groups is 3. The Bertz CT molecular complexity index is 1760. The standard InChI is InChI=1S/C37H44N8O5/c1-49-33-10-5-9-30-34(33)50-22-6-19-45-25-29(42-43-45)14-20-44(37(48)32-24-28(13-17-39-32)27-11-15-38-16-12-27)21-18-40-36(47)31(41-35(30)46)23-26-7-3-2-4-8-26/h2-5,7-10,13,17,24-25,27,31,38H,6,11-12,14-16,18-23H2,1H3,(H,40,47)(H,41,46)/t31-/m0/s1. The lowest BCUT2D eigenvalue weighted by atomic mass is 9.90. The Morgan fingerprint density at radius 2 is 1.84 bits per heavy atom. The third kappa shape index (κ3) is 8.83. The number of fused-ring (bicyclic) bond motifs is 3. The number of piperidine rings is 1. The molecule has 2 bridgehead atoms. The van der Waals surface area contributed by atoms with E-state index in [4.69, 9.17) is 9.47 Å². The fourth-order valence-corrected chi connectivity index (χ4v) is 6.40. The molecule has 2 aliphatic rings. The number of nitrogens with one attached hydrogen (secondary N) is 3. The van der Waals surface area contributed by atoms with Gasteiger partial charge in [-0.15, -0.1) is 5.10 Å². The summed E-state index contributed by atoms with van der Waals surface area (Å²) in [4.78, 5) is 47.7. The average molecular weight is 681 g/mol. The number of benzene rings is 2. The van der Waals surface area contributed by atoms with Gasteiger partial charge < -0.3 is 30.3 Å². The van der Waals surface area contributed by atoms with E-state index in [0.717, 1.165) is 42.8 Å². The van der Waals surface area contributed by atoms with Crippen molar-refractivity contribution in [1.29, 1.82) is 0 Å². The molecule has 0 unspecified atom stereocenters. The third-order valence-electron chi connectivity index (χ3n) is 9.13. The molecule has 50 heavy (non-hydrogen) atoms. The van der Waals surface area contributed by atoms with Crippen LogP contribution in [0.5, 0.6) is 11.5 Å². The maximum atomic E-state index is 14.0. The summed E-state index contributed by atoms with van der Waals surface area (Å²) in [6.45, 7) is 3.48. The van der Waals surface area contributed by atoms with E-state index in [-0.39, 0.29) is 43.5 Å². The molecule has 2 aromatic carbocycles. The summed E-state index contributed by atoms with van der Waals surface area (Å²) in [6.07, 6.45) is 6.92. The first-order valence-corrected chi connectivity index (χ1v) is 17.3. The SMILES string of the molecule is COc1cccc2c1OCCCn1cc(nn1)CCN(C(=O)c1cc(C3CCNCC3)ccn1)CCNC(=O)[C@H](Cc1ccccc1)NC2=O. The molecule has 1 saturated heterocycles. The molecule has 13 nitrogen and oxygen atoms in total. The molecule has 0 radical (unpaired) electrons. The summed E-state index contributed by atoms with van der Waals surface area (Å²) >= 11 is 0.